The molecule has 2 heterocycles. The monoisotopic (exact) mass is 320 g/mol. The van der Waals surface area contributed by atoms with Crippen LogP contribution in [0.3, 0.4) is 0 Å². The third-order valence-electron chi connectivity index (χ3n) is 3.17. The van der Waals surface area contributed by atoms with Gasteiger partial charge in [-0.1, -0.05) is 35.7 Å². The van der Waals surface area contributed by atoms with Crippen LogP contribution >= 0.6 is 23.5 Å². The Morgan fingerprint density at radius 2 is 1.86 bits per heavy atom. The number of thioether (sulfide) groups is 2. The molecule has 1 N–H and O–H groups in total. The van der Waals surface area contributed by atoms with E-state index in [1.165, 1.54) is 23.5 Å². The second-order valence-electron chi connectivity index (χ2n) is 4.48. The highest BCUT2D eigenvalue weighted by atomic mass is 32.2. The number of aliphatic hydroxyl groups excluding tert-OH is 1. The van der Waals surface area contributed by atoms with Crippen LogP contribution < -0.4 is 4.74 Å². The van der Waals surface area contributed by atoms with E-state index in [1.54, 1.807) is 24.3 Å². The third-order valence-corrected chi connectivity index (χ3v) is 5.30. The maximum Gasteiger partial charge on any atom is 0.209 e. The van der Waals surface area contributed by atoms with Gasteiger partial charge in [-0.3, -0.25) is 9.59 Å². The summed E-state index contributed by atoms with van der Waals surface area (Å²) in [7, 11) is 0. The van der Waals surface area contributed by atoms with E-state index in [4.69, 9.17) is 9.84 Å². The SMILES string of the molecule is O=C1C(=C2SC=CS2)C(=O)C(CCO)Oc2ccccc21. The molecule has 0 aliphatic carbocycles. The Bertz CT molecular complexity index is 653. The fourth-order valence-electron chi connectivity index (χ4n) is 2.20. The van der Waals surface area contributed by atoms with Crippen LogP contribution in [0.15, 0.2) is 44.9 Å². The van der Waals surface area contributed by atoms with E-state index in [2.05, 4.69) is 0 Å². The molecule has 0 fully saturated rings. The molecular formula is C15H12O4S2. The van der Waals surface area contributed by atoms with Gasteiger partial charge in [0.05, 0.1) is 15.4 Å². The van der Waals surface area contributed by atoms with Crippen LogP contribution in [0.1, 0.15) is 16.8 Å². The number of para-hydroxylation sites is 1. The fourth-order valence-corrected chi connectivity index (χ4v) is 4.07. The van der Waals surface area contributed by atoms with Crippen molar-refractivity contribution in [3.63, 3.8) is 0 Å². The first kappa shape index (κ1) is 14.4. The Balaban J connectivity index is 2.13. The second-order valence-corrected chi connectivity index (χ2v) is 6.57. The van der Waals surface area contributed by atoms with Crippen LogP contribution in [0.25, 0.3) is 0 Å². The van der Waals surface area contributed by atoms with Gasteiger partial charge < -0.3 is 9.84 Å². The number of ether oxygens (including phenoxy) is 1. The lowest BCUT2D eigenvalue weighted by Crippen LogP contribution is -2.30. The highest BCUT2D eigenvalue weighted by Crippen LogP contribution is 2.42. The van der Waals surface area contributed by atoms with E-state index < -0.39 is 6.10 Å². The predicted molar refractivity (Wildman–Crippen MR) is 83.2 cm³/mol. The highest BCUT2D eigenvalue weighted by Gasteiger charge is 2.36. The molecule has 6 heteroatoms. The summed E-state index contributed by atoms with van der Waals surface area (Å²) >= 11 is 2.73. The number of ketones is 2. The molecule has 1 unspecified atom stereocenters. The molecule has 2 aliphatic rings. The van der Waals surface area contributed by atoms with E-state index in [0.29, 0.717) is 15.6 Å². The summed E-state index contributed by atoms with van der Waals surface area (Å²) in [4.78, 5) is 25.3. The molecule has 1 aromatic carbocycles. The number of Topliss-reactive ketones (excluding diaryl/α,β-unsaturated/α-hetero) is 2. The van der Waals surface area contributed by atoms with Gasteiger partial charge in [0.1, 0.15) is 5.75 Å². The lowest BCUT2D eigenvalue weighted by molar-refractivity contribution is -0.122. The Labute approximate surface area is 130 Å². The molecule has 0 radical (unpaired) electrons. The van der Waals surface area contributed by atoms with Gasteiger partial charge in [-0.15, -0.1) is 0 Å². The van der Waals surface area contributed by atoms with Gasteiger partial charge >= 0.3 is 0 Å². The Morgan fingerprint density at radius 3 is 2.57 bits per heavy atom. The molecule has 0 saturated carbocycles. The number of carbonyl (C=O) groups is 2. The van der Waals surface area contributed by atoms with Crippen LogP contribution in [0, 0.1) is 0 Å². The summed E-state index contributed by atoms with van der Waals surface area (Å²) in [5.41, 5.74) is 0.556. The zero-order chi connectivity index (χ0) is 14.8. The zero-order valence-electron chi connectivity index (χ0n) is 10.9. The molecule has 0 amide bonds. The molecule has 0 bridgehead atoms. The standard InChI is InChI=1S/C15H12O4S2/c16-6-5-11-14(18)12(15-20-7-8-21-15)13(17)9-3-1-2-4-10(9)19-11/h1-4,7-8,11,16H,5-6H2. The quantitative estimate of drug-likeness (QED) is 0.668. The summed E-state index contributed by atoms with van der Waals surface area (Å²) in [6.07, 6.45) is -0.660. The molecule has 0 saturated heterocycles. The lowest BCUT2D eigenvalue weighted by Gasteiger charge is -2.15. The summed E-state index contributed by atoms with van der Waals surface area (Å²) in [5, 5.41) is 12.8. The fraction of sp³-hybridized carbons (Fsp3) is 0.200. The lowest BCUT2D eigenvalue weighted by atomic mass is 9.99. The van der Waals surface area contributed by atoms with Gasteiger partial charge in [-0.25, -0.2) is 0 Å². The van der Waals surface area contributed by atoms with Crippen molar-refractivity contribution in [3.8, 4) is 5.75 Å². The maximum absolute atomic E-state index is 12.7. The van der Waals surface area contributed by atoms with Crippen LogP contribution in [-0.2, 0) is 4.79 Å². The van der Waals surface area contributed by atoms with Crippen molar-refractivity contribution in [2.24, 2.45) is 0 Å². The van der Waals surface area contributed by atoms with Crippen molar-refractivity contribution in [2.75, 3.05) is 6.61 Å². The average Bonchev–Trinajstić information content (AvgIpc) is 2.98. The molecule has 1 aromatic rings. The minimum absolute atomic E-state index is 0.165. The summed E-state index contributed by atoms with van der Waals surface area (Å²) < 4.78 is 6.34. The number of fused-ring (bicyclic) bond motifs is 1. The van der Waals surface area contributed by atoms with Gasteiger partial charge in [0.2, 0.25) is 11.6 Å². The van der Waals surface area contributed by atoms with E-state index in [1.807, 2.05) is 10.8 Å². The van der Waals surface area contributed by atoms with E-state index in [-0.39, 0.29) is 30.2 Å². The van der Waals surface area contributed by atoms with Crippen LogP contribution in [0.2, 0.25) is 0 Å². The van der Waals surface area contributed by atoms with E-state index in [9.17, 15) is 9.59 Å². The van der Waals surface area contributed by atoms with Crippen molar-refractivity contribution < 1.29 is 19.4 Å². The summed E-state index contributed by atoms with van der Waals surface area (Å²) in [5.74, 6) is -0.274. The van der Waals surface area contributed by atoms with Crippen molar-refractivity contribution in [3.05, 3.63) is 50.5 Å². The second kappa shape index (κ2) is 6.09. The molecule has 21 heavy (non-hydrogen) atoms. The molecule has 0 aromatic heterocycles. The molecule has 2 aliphatic heterocycles. The van der Waals surface area contributed by atoms with E-state index >= 15 is 0 Å². The Kier molecular flexibility index (Phi) is 4.19. The number of aliphatic hydroxyl groups is 1. The first-order valence-corrected chi connectivity index (χ1v) is 8.16. The number of benzene rings is 1. The maximum atomic E-state index is 12.7. The van der Waals surface area contributed by atoms with Gasteiger partial charge in [0.25, 0.3) is 0 Å². The topological polar surface area (TPSA) is 63.6 Å². The zero-order valence-corrected chi connectivity index (χ0v) is 12.6. The predicted octanol–water partition coefficient (Wildman–Crippen LogP) is 2.74. The largest absolute Gasteiger partial charge is 0.481 e. The molecule has 4 nitrogen and oxygen atoms in total. The van der Waals surface area contributed by atoms with Crippen LogP contribution in [-0.4, -0.2) is 29.4 Å². The first-order chi connectivity index (χ1) is 10.2. The summed E-state index contributed by atoms with van der Waals surface area (Å²) in [6, 6.07) is 6.83. The van der Waals surface area contributed by atoms with Gasteiger partial charge in [-0.05, 0) is 22.9 Å². The minimum atomic E-state index is -0.827. The average molecular weight is 320 g/mol. The van der Waals surface area contributed by atoms with Crippen molar-refractivity contribution >= 4 is 35.1 Å². The number of hydrogen-bond acceptors (Lipinski definition) is 6. The van der Waals surface area contributed by atoms with Crippen molar-refractivity contribution in [1.29, 1.82) is 0 Å². The number of carbonyl (C=O) groups excluding carboxylic acids is 2. The van der Waals surface area contributed by atoms with Gasteiger partial charge in [0.15, 0.2) is 6.10 Å². The Hall–Kier alpha value is -1.50. The molecule has 3 rings (SSSR count). The molecule has 108 valence electrons. The highest BCUT2D eigenvalue weighted by molar-refractivity contribution is 8.27. The van der Waals surface area contributed by atoms with Gasteiger partial charge in [-0.2, -0.15) is 0 Å². The van der Waals surface area contributed by atoms with Crippen LogP contribution in [0.4, 0.5) is 0 Å². The van der Waals surface area contributed by atoms with Gasteiger partial charge in [0, 0.05) is 13.0 Å². The molecular weight excluding hydrogens is 308 g/mol. The van der Waals surface area contributed by atoms with Crippen molar-refractivity contribution in [2.45, 2.75) is 12.5 Å². The number of hydrogen-bond donors (Lipinski definition) is 1. The first-order valence-electron chi connectivity index (χ1n) is 6.40. The van der Waals surface area contributed by atoms with Crippen LogP contribution in [0.5, 0.6) is 5.75 Å². The number of rotatable bonds is 2. The minimum Gasteiger partial charge on any atom is -0.481 e. The van der Waals surface area contributed by atoms with E-state index in [0.717, 1.165) is 0 Å². The smallest absolute Gasteiger partial charge is 0.209 e. The third kappa shape index (κ3) is 2.66. The molecule has 0 spiro atoms. The summed E-state index contributed by atoms with van der Waals surface area (Å²) in [6.45, 7) is -0.173. The molecule has 1 atom stereocenters. The normalized spacial score (nSPS) is 21.3. The van der Waals surface area contributed by atoms with Crippen molar-refractivity contribution in [1.82, 2.24) is 0 Å². The Morgan fingerprint density at radius 1 is 1.14 bits per heavy atom.